The Labute approximate surface area is 296 Å². The van der Waals surface area contributed by atoms with Gasteiger partial charge in [0.15, 0.2) is 11.5 Å². The van der Waals surface area contributed by atoms with Gasteiger partial charge in [0.25, 0.3) is 10.0 Å². The normalized spacial score (nSPS) is 12.4. The largest absolute Gasteiger partial charge is 0.497 e. The molecule has 50 heavy (non-hydrogen) atoms. The first-order valence-electron chi connectivity index (χ1n) is 16.5. The molecule has 266 valence electrons. The van der Waals surface area contributed by atoms with Crippen LogP contribution in [0.25, 0.3) is 0 Å². The van der Waals surface area contributed by atoms with E-state index < -0.39 is 28.5 Å². The van der Waals surface area contributed by atoms with Gasteiger partial charge in [-0.15, -0.1) is 0 Å². The van der Waals surface area contributed by atoms with E-state index in [4.69, 9.17) is 14.2 Å². The summed E-state index contributed by atoms with van der Waals surface area (Å²) in [6, 6.07) is 25.3. The fourth-order valence-corrected chi connectivity index (χ4v) is 7.10. The number of amides is 2. The molecule has 0 saturated carbocycles. The molecule has 11 heteroatoms. The number of rotatable bonds is 16. The molecule has 10 nitrogen and oxygen atoms in total. The molecule has 0 saturated heterocycles. The van der Waals surface area contributed by atoms with Crippen LogP contribution in [0.2, 0.25) is 0 Å². The van der Waals surface area contributed by atoms with Crippen molar-refractivity contribution in [3.8, 4) is 17.2 Å². The summed E-state index contributed by atoms with van der Waals surface area (Å²) in [6.07, 6.45) is 0.905. The average molecular weight is 702 g/mol. The first-order valence-corrected chi connectivity index (χ1v) is 17.9. The third kappa shape index (κ3) is 9.35. The highest BCUT2D eigenvalue weighted by Gasteiger charge is 2.35. The Bertz CT molecular complexity index is 1860. The number of carbonyl (C=O) groups excluding carboxylic acids is 2. The van der Waals surface area contributed by atoms with E-state index in [1.54, 1.807) is 31.4 Å². The van der Waals surface area contributed by atoms with E-state index in [1.807, 2.05) is 76.2 Å². The Kier molecular flexibility index (Phi) is 12.9. The van der Waals surface area contributed by atoms with E-state index in [9.17, 15) is 18.0 Å². The molecule has 0 heterocycles. The van der Waals surface area contributed by atoms with E-state index in [2.05, 4.69) is 5.32 Å². The van der Waals surface area contributed by atoms with Crippen molar-refractivity contribution >= 4 is 27.5 Å². The van der Waals surface area contributed by atoms with Crippen molar-refractivity contribution in [3.05, 3.63) is 113 Å². The van der Waals surface area contributed by atoms with E-state index in [0.717, 1.165) is 21.0 Å². The summed E-state index contributed by atoms with van der Waals surface area (Å²) in [5.74, 6) is 0.286. The predicted octanol–water partition coefficient (Wildman–Crippen LogP) is 6.08. The van der Waals surface area contributed by atoms with Gasteiger partial charge < -0.3 is 24.4 Å². The number of aryl methyl sites for hydroxylation is 2. The molecular weight excluding hydrogens is 655 g/mol. The predicted molar refractivity (Wildman–Crippen MR) is 195 cm³/mol. The van der Waals surface area contributed by atoms with Gasteiger partial charge in [-0.05, 0) is 85.8 Å². The first kappa shape index (κ1) is 37.8. The van der Waals surface area contributed by atoms with Crippen LogP contribution in [0, 0.1) is 13.8 Å². The molecular formula is C39H47N3O7S. The average Bonchev–Trinajstić information content (AvgIpc) is 3.11. The zero-order valence-corrected chi connectivity index (χ0v) is 30.6. The second-order valence-electron chi connectivity index (χ2n) is 12.3. The van der Waals surface area contributed by atoms with E-state index in [1.165, 1.54) is 37.3 Å². The van der Waals surface area contributed by atoms with Crippen LogP contribution in [0.15, 0.2) is 95.9 Å². The number of methoxy groups -OCH3 is 3. The Morgan fingerprint density at radius 1 is 0.780 bits per heavy atom. The Hall–Kier alpha value is -5.03. The quantitative estimate of drug-likeness (QED) is 0.151. The second kappa shape index (κ2) is 17.1. The van der Waals surface area contributed by atoms with Gasteiger partial charge in [-0.2, -0.15) is 0 Å². The molecule has 0 aliphatic carbocycles. The maximum Gasteiger partial charge on any atom is 0.264 e. The molecule has 0 unspecified atom stereocenters. The van der Waals surface area contributed by atoms with Crippen molar-refractivity contribution in [1.29, 1.82) is 0 Å². The molecule has 0 fully saturated rings. The monoisotopic (exact) mass is 701 g/mol. The fraction of sp³-hybridized carbons (Fsp3) is 0.333. The van der Waals surface area contributed by atoms with Crippen LogP contribution in [-0.4, -0.2) is 65.1 Å². The van der Waals surface area contributed by atoms with Crippen LogP contribution in [0.4, 0.5) is 5.69 Å². The summed E-state index contributed by atoms with van der Waals surface area (Å²) in [6.45, 7) is 7.05. The van der Waals surface area contributed by atoms with Crippen LogP contribution in [-0.2, 0) is 32.6 Å². The summed E-state index contributed by atoms with van der Waals surface area (Å²) in [5, 5.41) is 3.06. The highest BCUT2D eigenvalue weighted by Crippen LogP contribution is 2.33. The molecule has 2 atom stereocenters. The van der Waals surface area contributed by atoms with Gasteiger partial charge in [-0.25, -0.2) is 8.42 Å². The molecule has 4 aromatic rings. The topological polar surface area (TPSA) is 114 Å². The number of nitrogens with zero attached hydrogens (tertiary/aromatic N) is 2. The van der Waals surface area contributed by atoms with Crippen molar-refractivity contribution in [2.75, 3.05) is 32.2 Å². The summed E-state index contributed by atoms with van der Waals surface area (Å²) in [4.78, 5) is 30.3. The van der Waals surface area contributed by atoms with E-state index in [0.29, 0.717) is 29.2 Å². The molecule has 4 aromatic carbocycles. The Morgan fingerprint density at radius 2 is 1.44 bits per heavy atom. The smallest absolute Gasteiger partial charge is 0.264 e. The number of benzene rings is 4. The molecule has 0 aromatic heterocycles. The lowest BCUT2D eigenvalue weighted by Crippen LogP contribution is -2.54. The first-order chi connectivity index (χ1) is 23.9. The summed E-state index contributed by atoms with van der Waals surface area (Å²) >= 11 is 0. The van der Waals surface area contributed by atoms with Gasteiger partial charge in [0.1, 0.15) is 18.3 Å². The number of sulfonamides is 1. The number of hydrogen-bond donors (Lipinski definition) is 1. The van der Waals surface area contributed by atoms with Gasteiger partial charge in [-0.3, -0.25) is 13.9 Å². The molecule has 0 aliphatic rings. The van der Waals surface area contributed by atoms with Crippen molar-refractivity contribution < 1.29 is 32.2 Å². The fourth-order valence-electron chi connectivity index (χ4n) is 5.69. The molecule has 0 aliphatic heterocycles. The lowest BCUT2D eigenvalue weighted by atomic mass is 10.0. The van der Waals surface area contributed by atoms with Crippen LogP contribution >= 0.6 is 0 Å². The minimum atomic E-state index is -4.36. The number of ether oxygens (including phenoxy) is 3. The lowest BCUT2D eigenvalue weighted by molar-refractivity contribution is -0.140. The van der Waals surface area contributed by atoms with Crippen LogP contribution in [0.5, 0.6) is 17.2 Å². The lowest BCUT2D eigenvalue weighted by Gasteiger charge is -2.34. The van der Waals surface area contributed by atoms with E-state index >= 15 is 0 Å². The number of carbonyl (C=O) groups is 2. The third-order valence-electron chi connectivity index (χ3n) is 8.48. The van der Waals surface area contributed by atoms with Gasteiger partial charge in [0, 0.05) is 25.1 Å². The number of hydrogen-bond acceptors (Lipinski definition) is 7. The summed E-state index contributed by atoms with van der Waals surface area (Å²) < 4.78 is 46.4. The highest BCUT2D eigenvalue weighted by atomic mass is 32.2. The third-order valence-corrected chi connectivity index (χ3v) is 10.2. The molecule has 0 spiro atoms. The Balaban J connectivity index is 1.87. The van der Waals surface area contributed by atoms with Gasteiger partial charge in [0.2, 0.25) is 11.8 Å². The minimum absolute atomic E-state index is 0.0263. The van der Waals surface area contributed by atoms with Gasteiger partial charge >= 0.3 is 0 Å². The van der Waals surface area contributed by atoms with Crippen molar-refractivity contribution in [2.24, 2.45) is 0 Å². The SMILES string of the molecule is CC[C@@H](C)NC(=O)[C@@H](Cc1ccccc1)N(Cc1cccc(OC)c1)C(=O)CN(c1cc(C)cc(C)c1)S(=O)(=O)c1ccc(OC)c(OC)c1. The number of nitrogens with one attached hydrogen (secondary N) is 1. The summed E-state index contributed by atoms with van der Waals surface area (Å²) in [5.41, 5.74) is 3.53. The maximum absolute atomic E-state index is 14.8. The van der Waals surface area contributed by atoms with Crippen LogP contribution in [0.3, 0.4) is 0 Å². The summed E-state index contributed by atoms with van der Waals surface area (Å²) in [7, 11) is 0.0896. The zero-order chi connectivity index (χ0) is 36.4. The zero-order valence-electron chi connectivity index (χ0n) is 29.8. The number of anilines is 1. The highest BCUT2D eigenvalue weighted by molar-refractivity contribution is 7.92. The second-order valence-corrected chi connectivity index (χ2v) is 14.1. The van der Waals surface area contributed by atoms with E-state index in [-0.39, 0.29) is 35.6 Å². The van der Waals surface area contributed by atoms with Crippen molar-refractivity contribution in [1.82, 2.24) is 10.2 Å². The minimum Gasteiger partial charge on any atom is -0.497 e. The molecule has 0 bridgehead atoms. The maximum atomic E-state index is 14.8. The molecule has 0 radical (unpaired) electrons. The van der Waals surface area contributed by atoms with Crippen molar-refractivity contribution in [2.45, 2.75) is 64.1 Å². The van der Waals surface area contributed by atoms with Crippen molar-refractivity contribution in [3.63, 3.8) is 0 Å². The molecule has 1 N–H and O–H groups in total. The molecule has 2 amide bonds. The van der Waals surface area contributed by atoms with Gasteiger partial charge in [0.05, 0.1) is 31.9 Å². The van der Waals surface area contributed by atoms with Gasteiger partial charge in [-0.1, -0.05) is 55.5 Å². The van der Waals surface area contributed by atoms with Crippen LogP contribution < -0.4 is 23.8 Å². The standard InChI is InChI=1S/C39H47N3O7S/c1-8-29(4)40-39(44)35(23-30-13-10-9-11-14-30)41(25-31-15-12-16-33(22-31)47-5)38(43)26-42(32-20-27(2)19-28(3)21-32)50(45,46)34-17-18-36(48-6)37(24-34)49-7/h9-22,24,29,35H,8,23,25-26H2,1-7H3,(H,40,44)/t29-,35-/m1/s1. The molecule has 4 rings (SSSR count). The Morgan fingerprint density at radius 3 is 2.06 bits per heavy atom. The van der Waals surface area contributed by atoms with Crippen LogP contribution in [0.1, 0.15) is 42.5 Å².